The van der Waals surface area contributed by atoms with E-state index in [2.05, 4.69) is 48.7 Å². The van der Waals surface area contributed by atoms with E-state index in [4.69, 9.17) is 5.11 Å². The third kappa shape index (κ3) is 17.9. The SMILES string of the molecule is CCC=CCC=CCC=CCCCCCCCCC(CN(CC=O)C(=O)O)NC. The molecule has 0 radical (unpaired) electrons. The summed E-state index contributed by atoms with van der Waals surface area (Å²) in [5.41, 5.74) is 0. The second kappa shape index (κ2) is 20.8. The molecular formula is C24H42N2O3. The van der Waals surface area contributed by atoms with E-state index >= 15 is 0 Å². The van der Waals surface area contributed by atoms with Crippen molar-refractivity contribution in [2.75, 3.05) is 20.1 Å². The monoisotopic (exact) mass is 406 g/mol. The largest absolute Gasteiger partial charge is 0.465 e. The van der Waals surface area contributed by atoms with Gasteiger partial charge >= 0.3 is 6.09 Å². The zero-order valence-electron chi connectivity index (χ0n) is 18.5. The lowest BCUT2D eigenvalue weighted by Crippen LogP contribution is -2.42. The first-order valence-electron chi connectivity index (χ1n) is 11.2. The van der Waals surface area contributed by atoms with Crippen LogP contribution in [0.25, 0.3) is 0 Å². The van der Waals surface area contributed by atoms with Crippen molar-refractivity contribution in [2.45, 2.75) is 83.6 Å². The van der Waals surface area contributed by atoms with Gasteiger partial charge in [0.2, 0.25) is 0 Å². The van der Waals surface area contributed by atoms with Gasteiger partial charge in [-0.25, -0.2) is 4.79 Å². The molecule has 1 atom stereocenters. The normalized spacial score (nSPS) is 12.9. The van der Waals surface area contributed by atoms with Gasteiger partial charge in [-0.05, 0) is 45.6 Å². The Balaban J connectivity index is 3.61. The summed E-state index contributed by atoms with van der Waals surface area (Å²) in [6.07, 6.45) is 25.5. The lowest BCUT2D eigenvalue weighted by atomic mass is 10.0. The van der Waals surface area contributed by atoms with Crippen LogP contribution in [0, 0.1) is 0 Å². The second-order valence-corrected chi connectivity index (χ2v) is 7.33. The Morgan fingerprint density at radius 1 is 0.931 bits per heavy atom. The van der Waals surface area contributed by atoms with Crippen molar-refractivity contribution in [1.82, 2.24) is 10.2 Å². The van der Waals surface area contributed by atoms with Gasteiger partial charge in [-0.15, -0.1) is 0 Å². The van der Waals surface area contributed by atoms with E-state index in [0.717, 1.165) is 38.5 Å². The standard InChI is InChI=1S/C24H42N2O3/c1-3-4-5-6-7-8-9-10-11-12-13-14-15-16-17-18-19-23(25-2)22-26(20-21-27)24(28)29/h4-5,7-8,10-11,21,23,25H,3,6,9,12-20,22H2,1-2H3,(H,28,29). The first-order valence-corrected chi connectivity index (χ1v) is 11.2. The molecule has 0 fully saturated rings. The average molecular weight is 407 g/mol. The van der Waals surface area contributed by atoms with Gasteiger partial charge in [-0.1, -0.05) is 75.5 Å². The molecule has 5 nitrogen and oxygen atoms in total. The zero-order valence-corrected chi connectivity index (χ0v) is 18.5. The molecule has 29 heavy (non-hydrogen) atoms. The fourth-order valence-corrected chi connectivity index (χ4v) is 3.10. The van der Waals surface area contributed by atoms with Crippen LogP contribution in [-0.4, -0.2) is 48.6 Å². The maximum Gasteiger partial charge on any atom is 0.407 e. The van der Waals surface area contributed by atoms with Gasteiger partial charge in [0.05, 0.1) is 6.54 Å². The van der Waals surface area contributed by atoms with Crippen molar-refractivity contribution in [3.63, 3.8) is 0 Å². The van der Waals surface area contributed by atoms with Gasteiger partial charge in [-0.3, -0.25) is 4.90 Å². The van der Waals surface area contributed by atoms with Crippen molar-refractivity contribution in [3.05, 3.63) is 36.5 Å². The van der Waals surface area contributed by atoms with E-state index in [-0.39, 0.29) is 12.6 Å². The minimum atomic E-state index is -1.04. The number of rotatable bonds is 19. The minimum absolute atomic E-state index is 0.0610. The zero-order chi connectivity index (χ0) is 21.6. The number of carbonyl (C=O) groups excluding carboxylic acids is 1. The summed E-state index contributed by atoms with van der Waals surface area (Å²) in [5, 5.41) is 12.3. The molecule has 1 unspecified atom stereocenters. The number of hydrogen-bond donors (Lipinski definition) is 2. The molecule has 0 aliphatic carbocycles. The topological polar surface area (TPSA) is 69.6 Å². The van der Waals surface area contributed by atoms with E-state index in [1.165, 1.54) is 37.0 Å². The van der Waals surface area contributed by atoms with Gasteiger partial charge in [0.1, 0.15) is 6.29 Å². The van der Waals surface area contributed by atoms with Gasteiger partial charge < -0.3 is 15.2 Å². The Morgan fingerprint density at radius 3 is 2.10 bits per heavy atom. The van der Waals surface area contributed by atoms with Crippen LogP contribution < -0.4 is 5.32 Å². The number of nitrogens with one attached hydrogen (secondary N) is 1. The lowest BCUT2D eigenvalue weighted by molar-refractivity contribution is -0.108. The van der Waals surface area contributed by atoms with Gasteiger partial charge in [0, 0.05) is 12.6 Å². The molecule has 0 heterocycles. The summed E-state index contributed by atoms with van der Waals surface area (Å²) in [4.78, 5) is 22.8. The Morgan fingerprint density at radius 2 is 1.52 bits per heavy atom. The maximum absolute atomic E-state index is 11.1. The molecule has 5 heteroatoms. The Kier molecular flexibility index (Phi) is 19.5. The second-order valence-electron chi connectivity index (χ2n) is 7.33. The molecule has 0 aliphatic rings. The lowest BCUT2D eigenvalue weighted by Gasteiger charge is -2.23. The van der Waals surface area contributed by atoms with Crippen molar-refractivity contribution >= 4 is 12.4 Å². The molecule has 0 aromatic carbocycles. The van der Waals surface area contributed by atoms with Crippen LogP contribution in [0.3, 0.4) is 0 Å². The summed E-state index contributed by atoms with van der Waals surface area (Å²) < 4.78 is 0. The first kappa shape index (κ1) is 27.1. The highest BCUT2D eigenvalue weighted by Gasteiger charge is 2.16. The number of amides is 1. The predicted molar refractivity (Wildman–Crippen MR) is 122 cm³/mol. The third-order valence-corrected chi connectivity index (χ3v) is 4.87. The van der Waals surface area contributed by atoms with Crippen LogP contribution in [0.2, 0.25) is 0 Å². The summed E-state index contributed by atoms with van der Waals surface area (Å²) in [6.45, 7) is 2.45. The Labute approximate surface area is 177 Å². The molecular weight excluding hydrogens is 364 g/mol. The van der Waals surface area contributed by atoms with Crippen LogP contribution in [0.4, 0.5) is 4.79 Å². The summed E-state index contributed by atoms with van der Waals surface area (Å²) in [7, 11) is 1.85. The quantitative estimate of drug-likeness (QED) is 0.163. The molecule has 0 aliphatic heterocycles. The number of aldehydes is 1. The number of unbranched alkanes of at least 4 members (excludes halogenated alkanes) is 6. The van der Waals surface area contributed by atoms with Crippen molar-refractivity contribution in [3.8, 4) is 0 Å². The van der Waals surface area contributed by atoms with Crippen LogP contribution in [0.15, 0.2) is 36.5 Å². The van der Waals surface area contributed by atoms with Gasteiger partial charge in [0.15, 0.2) is 0 Å². The molecule has 0 rings (SSSR count). The maximum atomic E-state index is 11.1. The van der Waals surface area contributed by atoms with Gasteiger partial charge in [-0.2, -0.15) is 0 Å². The highest BCUT2D eigenvalue weighted by atomic mass is 16.4. The van der Waals surface area contributed by atoms with Crippen molar-refractivity contribution in [2.24, 2.45) is 0 Å². The number of allylic oxidation sites excluding steroid dienone is 6. The highest BCUT2D eigenvalue weighted by Crippen LogP contribution is 2.11. The van der Waals surface area contributed by atoms with E-state index in [0.29, 0.717) is 12.8 Å². The van der Waals surface area contributed by atoms with Crippen molar-refractivity contribution in [1.29, 1.82) is 0 Å². The summed E-state index contributed by atoms with van der Waals surface area (Å²) in [5.74, 6) is 0. The molecule has 0 bridgehead atoms. The fraction of sp³-hybridized carbons (Fsp3) is 0.667. The van der Waals surface area contributed by atoms with Gasteiger partial charge in [0.25, 0.3) is 0 Å². The summed E-state index contributed by atoms with van der Waals surface area (Å²) in [6, 6.07) is 0.105. The third-order valence-electron chi connectivity index (χ3n) is 4.87. The average Bonchev–Trinajstić information content (AvgIpc) is 2.71. The predicted octanol–water partition coefficient (Wildman–Crippen LogP) is 5.73. The minimum Gasteiger partial charge on any atom is -0.465 e. The molecule has 0 saturated carbocycles. The number of likely N-dealkylation sites (N-methyl/N-ethyl adjacent to an activating group) is 1. The molecule has 0 saturated heterocycles. The molecule has 2 N–H and O–H groups in total. The molecule has 0 aromatic rings. The van der Waals surface area contributed by atoms with Crippen LogP contribution in [0.5, 0.6) is 0 Å². The van der Waals surface area contributed by atoms with E-state index in [1.54, 1.807) is 0 Å². The first-order chi connectivity index (χ1) is 14.2. The number of carbonyl (C=O) groups is 2. The van der Waals surface area contributed by atoms with E-state index in [9.17, 15) is 9.59 Å². The molecule has 0 aromatic heterocycles. The fourth-order valence-electron chi connectivity index (χ4n) is 3.10. The Bertz CT molecular complexity index is 487. The Hall–Kier alpha value is -1.88. The molecule has 166 valence electrons. The highest BCUT2D eigenvalue weighted by molar-refractivity contribution is 5.69. The molecule has 1 amide bonds. The van der Waals surface area contributed by atoms with Crippen LogP contribution in [-0.2, 0) is 4.79 Å². The van der Waals surface area contributed by atoms with Crippen LogP contribution in [0.1, 0.15) is 77.6 Å². The van der Waals surface area contributed by atoms with Crippen molar-refractivity contribution < 1.29 is 14.7 Å². The van der Waals surface area contributed by atoms with Crippen LogP contribution >= 0.6 is 0 Å². The molecule has 0 spiro atoms. The van der Waals surface area contributed by atoms with E-state index < -0.39 is 6.09 Å². The summed E-state index contributed by atoms with van der Waals surface area (Å²) >= 11 is 0. The number of hydrogen-bond acceptors (Lipinski definition) is 3. The van der Waals surface area contributed by atoms with E-state index in [1.807, 2.05) is 7.05 Å². The number of nitrogens with zero attached hydrogens (tertiary/aromatic N) is 1. The number of carboxylic acid groups (broad SMARTS) is 1. The smallest absolute Gasteiger partial charge is 0.407 e.